The van der Waals surface area contributed by atoms with Crippen molar-refractivity contribution in [1.82, 2.24) is 9.97 Å². The molecule has 1 aliphatic carbocycles. The molecule has 0 aliphatic heterocycles. The highest BCUT2D eigenvalue weighted by atomic mass is 14.9. The molecule has 108 valence electrons. The topological polar surface area (TPSA) is 28.7 Å². The van der Waals surface area contributed by atoms with E-state index >= 15 is 0 Å². The summed E-state index contributed by atoms with van der Waals surface area (Å²) in [7, 11) is 0. The Morgan fingerprint density at radius 1 is 1.19 bits per heavy atom. The van der Waals surface area contributed by atoms with Crippen molar-refractivity contribution in [2.75, 3.05) is 0 Å². The van der Waals surface area contributed by atoms with Crippen LogP contribution in [0.5, 0.6) is 0 Å². The molecule has 2 aromatic rings. The second-order valence-electron chi connectivity index (χ2n) is 6.13. The summed E-state index contributed by atoms with van der Waals surface area (Å²) in [4.78, 5) is 7.66. The van der Waals surface area contributed by atoms with Gasteiger partial charge in [0.05, 0.1) is 12.0 Å². The molecule has 2 nitrogen and oxygen atoms in total. The van der Waals surface area contributed by atoms with Crippen LogP contribution < -0.4 is 0 Å². The van der Waals surface area contributed by atoms with Crippen LogP contribution in [0, 0.1) is 19.8 Å². The predicted octanol–water partition coefficient (Wildman–Crippen LogP) is 4.27. The Morgan fingerprint density at radius 3 is 2.71 bits per heavy atom. The normalized spacial score (nSPS) is 24.4. The minimum Gasteiger partial charge on any atom is -0.348 e. The zero-order chi connectivity index (χ0) is 14.9. The van der Waals surface area contributed by atoms with Crippen LogP contribution in [0.4, 0.5) is 0 Å². The zero-order valence-electron chi connectivity index (χ0n) is 12.9. The van der Waals surface area contributed by atoms with Crippen LogP contribution >= 0.6 is 0 Å². The number of hydrogen-bond acceptors (Lipinski definition) is 1. The molecule has 0 fully saturated rings. The number of aryl methyl sites for hydroxylation is 2. The van der Waals surface area contributed by atoms with E-state index in [4.69, 9.17) is 0 Å². The van der Waals surface area contributed by atoms with Crippen molar-refractivity contribution < 1.29 is 0 Å². The van der Waals surface area contributed by atoms with Crippen LogP contribution in [0.3, 0.4) is 0 Å². The zero-order valence-corrected chi connectivity index (χ0v) is 12.9. The van der Waals surface area contributed by atoms with Crippen LogP contribution in [0.15, 0.2) is 54.9 Å². The molecule has 1 aromatic carbocycles. The molecule has 0 bridgehead atoms. The van der Waals surface area contributed by atoms with Gasteiger partial charge in [0, 0.05) is 11.1 Å². The number of hydrogen-bond donors (Lipinski definition) is 1. The fourth-order valence-corrected chi connectivity index (χ4v) is 3.33. The van der Waals surface area contributed by atoms with Crippen LogP contribution in [0.25, 0.3) is 0 Å². The molecule has 1 heterocycles. The second-order valence-corrected chi connectivity index (χ2v) is 6.13. The molecule has 2 unspecified atom stereocenters. The van der Waals surface area contributed by atoms with Gasteiger partial charge in [0.2, 0.25) is 0 Å². The maximum Gasteiger partial charge on any atom is 0.0925 e. The van der Waals surface area contributed by atoms with Crippen molar-refractivity contribution in [3.05, 3.63) is 77.4 Å². The van der Waals surface area contributed by atoms with E-state index in [1.54, 1.807) is 6.33 Å². The number of H-pyrrole nitrogens is 1. The SMILES string of the molecule is Cc1ccccc1C1(C)C=CC=CC1Cc1nc[nH]c1C. The summed E-state index contributed by atoms with van der Waals surface area (Å²) in [6.07, 6.45) is 11.7. The van der Waals surface area contributed by atoms with Crippen molar-refractivity contribution in [3.63, 3.8) is 0 Å². The summed E-state index contributed by atoms with van der Waals surface area (Å²) in [5.41, 5.74) is 5.11. The molecular weight excluding hydrogens is 256 g/mol. The van der Waals surface area contributed by atoms with E-state index in [1.165, 1.54) is 22.5 Å². The standard InChI is InChI=1S/C19H22N2/c1-14-8-4-5-10-17(14)19(3)11-7-6-9-16(19)12-18-15(2)20-13-21-18/h4-11,13,16H,12H2,1-3H3,(H,20,21). The van der Waals surface area contributed by atoms with Crippen LogP contribution in [-0.4, -0.2) is 9.97 Å². The first-order chi connectivity index (χ1) is 10.1. The Hall–Kier alpha value is -2.09. The third-order valence-corrected chi connectivity index (χ3v) is 4.74. The van der Waals surface area contributed by atoms with E-state index in [0.29, 0.717) is 5.92 Å². The lowest BCUT2D eigenvalue weighted by molar-refractivity contribution is 0.417. The number of rotatable bonds is 3. The van der Waals surface area contributed by atoms with Crippen molar-refractivity contribution in [3.8, 4) is 0 Å². The molecule has 0 radical (unpaired) electrons. The van der Waals surface area contributed by atoms with Crippen molar-refractivity contribution in [2.24, 2.45) is 5.92 Å². The van der Waals surface area contributed by atoms with Gasteiger partial charge in [-0.25, -0.2) is 4.98 Å². The number of imidazole rings is 1. The van der Waals surface area contributed by atoms with E-state index in [1.807, 2.05) is 0 Å². The van der Waals surface area contributed by atoms with E-state index < -0.39 is 0 Å². The molecule has 1 N–H and O–H groups in total. The lowest BCUT2D eigenvalue weighted by Gasteiger charge is -2.37. The van der Waals surface area contributed by atoms with Gasteiger partial charge in [0.1, 0.15) is 0 Å². The average molecular weight is 278 g/mol. The monoisotopic (exact) mass is 278 g/mol. The van der Waals surface area contributed by atoms with Gasteiger partial charge in [-0.2, -0.15) is 0 Å². The van der Waals surface area contributed by atoms with Crippen LogP contribution in [0.2, 0.25) is 0 Å². The quantitative estimate of drug-likeness (QED) is 0.892. The minimum absolute atomic E-state index is 0.0193. The third-order valence-electron chi connectivity index (χ3n) is 4.74. The molecule has 0 saturated carbocycles. The van der Waals surface area contributed by atoms with E-state index in [9.17, 15) is 0 Å². The highest BCUT2D eigenvalue weighted by Gasteiger charge is 2.34. The minimum atomic E-state index is 0.0193. The Balaban J connectivity index is 1.99. The van der Waals surface area contributed by atoms with E-state index in [0.717, 1.165) is 6.42 Å². The van der Waals surface area contributed by atoms with Gasteiger partial charge in [0.25, 0.3) is 0 Å². The fraction of sp³-hybridized carbons (Fsp3) is 0.316. The Kier molecular flexibility index (Phi) is 3.54. The second kappa shape index (κ2) is 5.36. The molecule has 2 heteroatoms. The molecule has 1 aromatic heterocycles. The predicted molar refractivity (Wildman–Crippen MR) is 87.3 cm³/mol. The van der Waals surface area contributed by atoms with Gasteiger partial charge >= 0.3 is 0 Å². The summed E-state index contributed by atoms with van der Waals surface area (Å²) in [5.74, 6) is 0.422. The Labute approximate surface area is 126 Å². The molecule has 0 saturated heterocycles. The first kappa shape index (κ1) is 13.9. The Morgan fingerprint density at radius 2 is 2.00 bits per heavy atom. The molecule has 21 heavy (non-hydrogen) atoms. The highest BCUT2D eigenvalue weighted by molar-refractivity contribution is 5.41. The molecular formula is C19H22N2. The van der Waals surface area contributed by atoms with Gasteiger partial charge in [-0.1, -0.05) is 55.5 Å². The Bertz CT molecular complexity index is 693. The lowest BCUT2D eigenvalue weighted by atomic mass is 9.67. The van der Waals surface area contributed by atoms with Crippen molar-refractivity contribution in [2.45, 2.75) is 32.6 Å². The van der Waals surface area contributed by atoms with Gasteiger partial charge in [0.15, 0.2) is 0 Å². The molecule has 0 spiro atoms. The molecule has 0 amide bonds. The number of allylic oxidation sites excluding steroid dienone is 4. The van der Waals surface area contributed by atoms with E-state index in [-0.39, 0.29) is 5.41 Å². The third kappa shape index (κ3) is 2.46. The summed E-state index contributed by atoms with van der Waals surface area (Å²) in [6, 6.07) is 8.70. The maximum atomic E-state index is 4.48. The summed E-state index contributed by atoms with van der Waals surface area (Å²) >= 11 is 0. The van der Waals surface area contributed by atoms with Gasteiger partial charge in [-0.3, -0.25) is 0 Å². The van der Waals surface area contributed by atoms with Crippen LogP contribution in [-0.2, 0) is 11.8 Å². The summed E-state index contributed by atoms with van der Waals surface area (Å²) in [6.45, 7) is 6.63. The van der Waals surface area contributed by atoms with Crippen molar-refractivity contribution in [1.29, 1.82) is 0 Å². The summed E-state index contributed by atoms with van der Waals surface area (Å²) in [5, 5.41) is 0. The lowest BCUT2D eigenvalue weighted by Crippen LogP contribution is -2.32. The van der Waals surface area contributed by atoms with Gasteiger partial charge < -0.3 is 4.98 Å². The van der Waals surface area contributed by atoms with Crippen molar-refractivity contribution >= 4 is 0 Å². The van der Waals surface area contributed by atoms with Gasteiger partial charge in [-0.15, -0.1) is 0 Å². The number of nitrogens with one attached hydrogen (secondary N) is 1. The number of benzene rings is 1. The molecule has 3 rings (SSSR count). The largest absolute Gasteiger partial charge is 0.348 e. The summed E-state index contributed by atoms with van der Waals surface area (Å²) < 4.78 is 0. The van der Waals surface area contributed by atoms with E-state index in [2.05, 4.69) is 79.3 Å². The fourth-order valence-electron chi connectivity index (χ4n) is 3.33. The average Bonchev–Trinajstić information content (AvgIpc) is 2.87. The van der Waals surface area contributed by atoms with Gasteiger partial charge in [-0.05, 0) is 37.3 Å². The number of aromatic nitrogens is 2. The number of nitrogens with zero attached hydrogens (tertiary/aromatic N) is 1. The molecule has 2 atom stereocenters. The van der Waals surface area contributed by atoms with Crippen LogP contribution in [0.1, 0.15) is 29.4 Å². The highest BCUT2D eigenvalue weighted by Crippen LogP contribution is 2.40. The smallest absolute Gasteiger partial charge is 0.0925 e. The molecule has 1 aliphatic rings. The maximum absolute atomic E-state index is 4.48. The first-order valence-electron chi connectivity index (χ1n) is 7.52. The number of aromatic amines is 1. The first-order valence-corrected chi connectivity index (χ1v) is 7.52.